The maximum Gasteiger partial charge on any atom is 0.106 e. The molecule has 1 unspecified atom stereocenters. The van der Waals surface area contributed by atoms with Gasteiger partial charge in [-0.3, -0.25) is 0 Å². The van der Waals surface area contributed by atoms with Crippen molar-refractivity contribution >= 4 is 0 Å². The molecule has 1 aromatic heterocycles. The molecule has 1 aromatic rings. The third kappa shape index (κ3) is 1.44. The lowest BCUT2D eigenvalue weighted by atomic mass is 10.1. The molecule has 2 nitrogen and oxygen atoms in total. The maximum atomic E-state index is 5.61. The first-order chi connectivity index (χ1) is 5.15. The summed E-state index contributed by atoms with van der Waals surface area (Å²) in [6.07, 6.45) is 5.17. The molecule has 0 spiro atoms. The van der Waals surface area contributed by atoms with E-state index in [1.807, 2.05) is 19.9 Å². The van der Waals surface area contributed by atoms with E-state index in [0.717, 1.165) is 17.1 Å². The van der Waals surface area contributed by atoms with E-state index in [2.05, 4.69) is 5.92 Å². The highest BCUT2D eigenvalue weighted by Gasteiger charge is 2.09. The van der Waals surface area contributed by atoms with Gasteiger partial charge in [0.15, 0.2) is 0 Å². The van der Waals surface area contributed by atoms with Crippen LogP contribution in [0.3, 0.4) is 0 Å². The van der Waals surface area contributed by atoms with E-state index in [0.29, 0.717) is 0 Å². The molecule has 58 valence electrons. The molecule has 11 heavy (non-hydrogen) atoms. The minimum atomic E-state index is -0.340. The number of hydrogen-bond donors (Lipinski definition) is 1. The van der Waals surface area contributed by atoms with Crippen LogP contribution < -0.4 is 5.73 Å². The van der Waals surface area contributed by atoms with E-state index in [1.165, 1.54) is 0 Å². The van der Waals surface area contributed by atoms with Crippen LogP contribution in [0.2, 0.25) is 0 Å². The molecule has 0 radical (unpaired) electrons. The Hall–Kier alpha value is -1.20. The molecule has 2 N–H and O–H groups in total. The van der Waals surface area contributed by atoms with Crippen molar-refractivity contribution in [1.29, 1.82) is 0 Å². The number of terminal acetylenes is 1. The Morgan fingerprint density at radius 1 is 1.64 bits per heavy atom. The van der Waals surface area contributed by atoms with Crippen LogP contribution in [0.15, 0.2) is 10.5 Å². The summed E-state index contributed by atoms with van der Waals surface area (Å²) in [5, 5.41) is 0. The lowest BCUT2D eigenvalue weighted by molar-refractivity contribution is 0.500. The molecular formula is C9H11NO. The van der Waals surface area contributed by atoms with E-state index in [4.69, 9.17) is 16.6 Å². The van der Waals surface area contributed by atoms with Crippen LogP contribution in [0.5, 0.6) is 0 Å². The molecule has 2 heteroatoms. The van der Waals surface area contributed by atoms with Crippen LogP contribution in [0.25, 0.3) is 0 Å². The average molecular weight is 149 g/mol. The summed E-state index contributed by atoms with van der Waals surface area (Å²) in [5.41, 5.74) is 6.52. The standard InChI is InChI=1S/C9H11NO/c1-4-9(10)8-5-6(2)11-7(8)3/h1,5,9H,10H2,2-3H3. The van der Waals surface area contributed by atoms with Gasteiger partial charge in [0.1, 0.15) is 11.5 Å². The second-order valence-electron chi connectivity index (χ2n) is 2.51. The molecule has 0 saturated carbocycles. The van der Waals surface area contributed by atoms with E-state index < -0.39 is 0 Å². The minimum absolute atomic E-state index is 0.340. The van der Waals surface area contributed by atoms with Crippen LogP contribution in [-0.2, 0) is 0 Å². The molecule has 0 bridgehead atoms. The van der Waals surface area contributed by atoms with Crippen molar-refractivity contribution < 1.29 is 4.42 Å². The first kappa shape index (κ1) is 7.90. The second kappa shape index (κ2) is 2.81. The van der Waals surface area contributed by atoms with Gasteiger partial charge in [-0.05, 0) is 19.9 Å². The van der Waals surface area contributed by atoms with Crippen molar-refractivity contribution in [2.45, 2.75) is 19.9 Å². The molecule has 0 amide bonds. The first-order valence-corrected chi connectivity index (χ1v) is 3.43. The predicted octanol–water partition coefficient (Wildman–Crippen LogP) is 1.53. The van der Waals surface area contributed by atoms with Gasteiger partial charge in [-0.1, -0.05) is 5.92 Å². The Bertz CT molecular complexity index is 293. The normalized spacial score (nSPS) is 12.5. The van der Waals surface area contributed by atoms with Gasteiger partial charge in [-0.15, -0.1) is 6.42 Å². The van der Waals surface area contributed by atoms with Crippen LogP contribution >= 0.6 is 0 Å². The van der Waals surface area contributed by atoms with E-state index >= 15 is 0 Å². The second-order valence-corrected chi connectivity index (χ2v) is 2.51. The molecule has 1 rings (SSSR count). The molecule has 1 heterocycles. The summed E-state index contributed by atoms with van der Waals surface area (Å²) in [6, 6.07) is 1.53. The summed E-state index contributed by atoms with van der Waals surface area (Å²) in [5.74, 6) is 4.12. The van der Waals surface area contributed by atoms with Crippen molar-refractivity contribution in [3.8, 4) is 12.3 Å². The van der Waals surface area contributed by atoms with Crippen molar-refractivity contribution in [1.82, 2.24) is 0 Å². The Labute approximate surface area is 66.4 Å². The first-order valence-electron chi connectivity index (χ1n) is 3.43. The number of nitrogens with two attached hydrogens (primary N) is 1. The van der Waals surface area contributed by atoms with Crippen LogP contribution in [0, 0.1) is 26.2 Å². The largest absolute Gasteiger partial charge is 0.466 e. The highest BCUT2D eigenvalue weighted by molar-refractivity contribution is 5.28. The van der Waals surface area contributed by atoms with Gasteiger partial charge in [0, 0.05) is 5.56 Å². The lowest BCUT2D eigenvalue weighted by Gasteiger charge is -1.99. The number of aryl methyl sites for hydroxylation is 2. The molecule has 0 aliphatic heterocycles. The van der Waals surface area contributed by atoms with Crippen LogP contribution in [0.1, 0.15) is 23.1 Å². The summed E-state index contributed by atoms with van der Waals surface area (Å²) >= 11 is 0. The SMILES string of the molecule is C#CC(N)c1cc(C)oc1C. The summed E-state index contributed by atoms with van der Waals surface area (Å²) < 4.78 is 5.26. The maximum absolute atomic E-state index is 5.61. The van der Waals surface area contributed by atoms with E-state index in [9.17, 15) is 0 Å². The Kier molecular flexibility index (Phi) is 2.02. The zero-order chi connectivity index (χ0) is 8.43. The fourth-order valence-electron chi connectivity index (χ4n) is 1.05. The smallest absolute Gasteiger partial charge is 0.106 e. The molecule has 1 atom stereocenters. The topological polar surface area (TPSA) is 39.2 Å². The zero-order valence-corrected chi connectivity index (χ0v) is 6.72. The fraction of sp³-hybridized carbons (Fsp3) is 0.333. The Morgan fingerprint density at radius 2 is 2.27 bits per heavy atom. The molecule has 0 aliphatic rings. The minimum Gasteiger partial charge on any atom is -0.466 e. The van der Waals surface area contributed by atoms with Gasteiger partial charge in [0.25, 0.3) is 0 Å². The lowest BCUT2D eigenvalue weighted by Crippen LogP contribution is -2.06. The highest BCUT2D eigenvalue weighted by atomic mass is 16.3. The molecule has 0 aromatic carbocycles. The van der Waals surface area contributed by atoms with Crippen molar-refractivity contribution in [2.75, 3.05) is 0 Å². The molecule has 0 fully saturated rings. The molecule has 0 saturated heterocycles. The number of hydrogen-bond acceptors (Lipinski definition) is 2. The van der Waals surface area contributed by atoms with Gasteiger partial charge in [0.2, 0.25) is 0 Å². The zero-order valence-electron chi connectivity index (χ0n) is 6.72. The highest BCUT2D eigenvalue weighted by Crippen LogP contribution is 2.18. The van der Waals surface area contributed by atoms with Crippen molar-refractivity contribution in [3.05, 3.63) is 23.2 Å². The fourth-order valence-corrected chi connectivity index (χ4v) is 1.05. The van der Waals surface area contributed by atoms with Gasteiger partial charge >= 0.3 is 0 Å². The number of rotatable bonds is 1. The summed E-state index contributed by atoms with van der Waals surface area (Å²) in [6.45, 7) is 3.74. The third-order valence-electron chi connectivity index (χ3n) is 1.59. The summed E-state index contributed by atoms with van der Waals surface area (Å²) in [4.78, 5) is 0. The van der Waals surface area contributed by atoms with Gasteiger partial charge in [0.05, 0.1) is 6.04 Å². The summed E-state index contributed by atoms with van der Waals surface area (Å²) in [7, 11) is 0. The van der Waals surface area contributed by atoms with E-state index in [1.54, 1.807) is 0 Å². The Balaban J connectivity index is 3.05. The Morgan fingerprint density at radius 3 is 2.64 bits per heavy atom. The van der Waals surface area contributed by atoms with Gasteiger partial charge in [-0.2, -0.15) is 0 Å². The van der Waals surface area contributed by atoms with Crippen LogP contribution in [0.4, 0.5) is 0 Å². The van der Waals surface area contributed by atoms with Crippen molar-refractivity contribution in [2.24, 2.45) is 5.73 Å². The van der Waals surface area contributed by atoms with E-state index in [-0.39, 0.29) is 6.04 Å². The quantitative estimate of drug-likeness (QED) is 0.615. The third-order valence-corrected chi connectivity index (χ3v) is 1.59. The monoisotopic (exact) mass is 149 g/mol. The van der Waals surface area contributed by atoms with Gasteiger partial charge in [-0.25, -0.2) is 0 Å². The molecule has 0 aliphatic carbocycles. The molecular weight excluding hydrogens is 138 g/mol. The predicted molar refractivity (Wildman–Crippen MR) is 43.9 cm³/mol. The van der Waals surface area contributed by atoms with Gasteiger partial charge < -0.3 is 10.2 Å². The number of furan rings is 1. The average Bonchev–Trinajstić information content (AvgIpc) is 2.28. The van der Waals surface area contributed by atoms with Crippen LogP contribution in [-0.4, -0.2) is 0 Å². The van der Waals surface area contributed by atoms with Crippen molar-refractivity contribution in [3.63, 3.8) is 0 Å².